The minimum atomic E-state index is -0.476. The molecule has 3 aromatic heterocycles. The second kappa shape index (κ2) is 7.52. The molecule has 0 aliphatic rings. The molecule has 2 aromatic carbocycles. The molecule has 0 atom stereocenters. The SMILES string of the molecule is COCc1c(C(=O)OC(C)C)ncc2[nH]c3ccc4oc(-c5ccccc5)nc4c3c12. The average Bonchev–Trinajstić information content (AvgIpc) is 3.35. The monoisotopic (exact) mass is 415 g/mol. The van der Waals surface area contributed by atoms with Crippen molar-refractivity contribution in [3.05, 3.63) is 59.9 Å². The van der Waals surface area contributed by atoms with Crippen molar-refractivity contribution in [2.24, 2.45) is 0 Å². The quantitative estimate of drug-likeness (QED) is 0.395. The molecule has 5 aromatic rings. The van der Waals surface area contributed by atoms with Crippen LogP contribution >= 0.6 is 0 Å². The van der Waals surface area contributed by atoms with Gasteiger partial charge >= 0.3 is 5.97 Å². The Morgan fingerprint density at radius 1 is 1.10 bits per heavy atom. The van der Waals surface area contributed by atoms with E-state index >= 15 is 0 Å². The fourth-order valence-electron chi connectivity index (χ4n) is 3.86. The van der Waals surface area contributed by atoms with E-state index in [0.717, 1.165) is 27.4 Å². The first-order valence-corrected chi connectivity index (χ1v) is 10.0. The van der Waals surface area contributed by atoms with Crippen LogP contribution in [0, 0.1) is 0 Å². The topological polar surface area (TPSA) is 90.2 Å². The molecule has 7 heteroatoms. The predicted molar refractivity (Wildman–Crippen MR) is 118 cm³/mol. The van der Waals surface area contributed by atoms with Crippen molar-refractivity contribution in [1.82, 2.24) is 15.0 Å². The molecule has 0 radical (unpaired) electrons. The molecule has 0 unspecified atom stereocenters. The molecule has 0 spiro atoms. The van der Waals surface area contributed by atoms with E-state index in [1.807, 2.05) is 56.3 Å². The number of esters is 1. The van der Waals surface area contributed by atoms with Gasteiger partial charge in [0.15, 0.2) is 11.3 Å². The summed E-state index contributed by atoms with van der Waals surface area (Å²) in [4.78, 5) is 25.3. The van der Waals surface area contributed by atoms with Crippen molar-refractivity contribution < 1.29 is 18.7 Å². The van der Waals surface area contributed by atoms with Gasteiger partial charge in [-0.15, -0.1) is 0 Å². The van der Waals surface area contributed by atoms with Crippen LogP contribution in [0.4, 0.5) is 0 Å². The molecular weight excluding hydrogens is 394 g/mol. The first-order chi connectivity index (χ1) is 15.1. The van der Waals surface area contributed by atoms with E-state index in [1.165, 1.54) is 0 Å². The Morgan fingerprint density at radius 2 is 1.90 bits per heavy atom. The number of aromatic nitrogens is 3. The highest BCUT2D eigenvalue weighted by Crippen LogP contribution is 2.36. The van der Waals surface area contributed by atoms with E-state index in [0.29, 0.717) is 22.6 Å². The zero-order valence-electron chi connectivity index (χ0n) is 17.4. The van der Waals surface area contributed by atoms with Crippen LogP contribution in [0.3, 0.4) is 0 Å². The number of fused-ring (bicyclic) bond motifs is 5. The summed E-state index contributed by atoms with van der Waals surface area (Å²) in [5.74, 6) is 0.0647. The Kier molecular flexibility index (Phi) is 4.67. The van der Waals surface area contributed by atoms with Gasteiger partial charge in [-0.3, -0.25) is 0 Å². The van der Waals surface area contributed by atoms with E-state index in [9.17, 15) is 4.79 Å². The Bertz CT molecular complexity index is 1420. The van der Waals surface area contributed by atoms with Crippen LogP contribution in [0.15, 0.2) is 53.1 Å². The van der Waals surface area contributed by atoms with Crippen molar-refractivity contribution >= 4 is 38.9 Å². The smallest absolute Gasteiger partial charge is 0.357 e. The number of nitrogens with one attached hydrogen (secondary N) is 1. The number of carbonyl (C=O) groups excluding carboxylic acids is 1. The van der Waals surface area contributed by atoms with Crippen molar-refractivity contribution in [2.45, 2.75) is 26.6 Å². The van der Waals surface area contributed by atoms with E-state index in [-0.39, 0.29) is 18.4 Å². The average molecular weight is 415 g/mol. The van der Waals surface area contributed by atoms with Gasteiger partial charge in [0, 0.05) is 34.5 Å². The third-order valence-electron chi connectivity index (χ3n) is 5.11. The van der Waals surface area contributed by atoms with Crippen LogP contribution in [0.1, 0.15) is 29.9 Å². The second-order valence-electron chi connectivity index (χ2n) is 7.61. The Labute approximate surface area is 178 Å². The molecule has 0 aliphatic carbocycles. The van der Waals surface area contributed by atoms with Crippen LogP contribution in [0.5, 0.6) is 0 Å². The summed E-state index contributed by atoms with van der Waals surface area (Å²) in [6.45, 7) is 3.82. The zero-order chi connectivity index (χ0) is 21.5. The highest BCUT2D eigenvalue weighted by molar-refractivity contribution is 6.20. The summed E-state index contributed by atoms with van der Waals surface area (Å²) in [7, 11) is 1.59. The maximum atomic E-state index is 12.7. The van der Waals surface area contributed by atoms with Crippen molar-refractivity contribution in [3.8, 4) is 11.5 Å². The summed E-state index contributed by atoms with van der Waals surface area (Å²) in [6.07, 6.45) is 1.40. The van der Waals surface area contributed by atoms with Gasteiger partial charge in [-0.25, -0.2) is 14.8 Å². The molecule has 156 valence electrons. The number of benzene rings is 2. The van der Waals surface area contributed by atoms with Crippen LogP contribution in [-0.4, -0.2) is 34.1 Å². The lowest BCUT2D eigenvalue weighted by Crippen LogP contribution is -2.15. The van der Waals surface area contributed by atoms with Gasteiger partial charge in [0.2, 0.25) is 5.89 Å². The molecule has 7 nitrogen and oxygen atoms in total. The Morgan fingerprint density at radius 3 is 2.65 bits per heavy atom. The fraction of sp³-hybridized carbons (Fsp3) is 0.208. The fourth-order valence-corrected chi connectivity index (χ4v) is 3.86. The van der Waals surface area contributed by atoms with E-state index in [2.05, 4.69) is 9.97 Å². The molecule has 3 heterocycles. The molecular formula is C24H21N3O4. The lowest BCUT2D eigenvalue weighted by molar-refractivity contribution is 0.0366. The summed E-state index contributed by atoms with van der Waals surface area (Å²) >= 11 is 0. The van der Waals surface area contributed by atoms with Gasteiger partial charge in [-0.05, 0) is 38.1 Å². The summed E-state index contributed by atoms with van der Waals surface area (Å²) in [5, 5.41) is 1.70. The third kappa shape index (κ3) is 3.23. The first-order valence-electron chi connectivity index (χ1n) is 10.0. The van der Waals surface area contributed by atoms with Crippen molar-refractivity contribution in [2.75, 3.05) is 7.11 Å². The van der Waals surface area contributed by atoms with E-state index in [4.69, 9.17) is 18.9 Å². The molecule has 0 bridgehead atoms. The van der Waals surface area contributed by atoms with Crippen LogP contribution in [-0.2, 0) is 16.1 Å². The molecule has 0 amide bonds. The number of H-pyrrole nitrogens is 1. The number of pyridine rings is 1. The lowest BCUT2D eigenvalue weighted by atomic mass is 10.0. The van der Waals surface area contributed by atoms with Gasteiger partial charge in [-0.1, -0.05) is 18.2 Å². The van der Waals surface area contributed by atoms with Gasteiger partial charge < -0.3 is 18.9 Å². The van der Waals surface area contributed by atoms with Crippen molar-refractivity contribution in [3.63, 3.8) is 0 Å². The number of hydrogen-bond acceptors (Lipinski definition) is 6. The highest BCUT2D eigenvalue weighted by Gasteiger charge is 2.23. The number of oxazole rings is 1. The number of nitrogens with zero attached hydrogens (tertiary/aromatic N) is 2. The molecule has 0 saturated heterocycles. The molecule has 5 rings (SSSR count). The maximum Gasteiger partial charge on any atom is 0.357 e. The standard InChI is InChI=1S/C24H21N3O4/c1-13(2)30-24(28)21-15(12-29-3)19-17(11-25-21)26-16-9-10-18-22(20(16)19)27-23(31-18)14-7-5-4-6-8-14/h4-11,13,26H,12H2,1-3H3. The van der Waals surface area contributed by atoms with Crippen LogP contribution < -0.4 is 0 Å². The van der Waals surface area contributed by atoms with Gasteiger partial charge in [0.25, 0.3) is 0 Å². The van der Waals surface area contributed by atoms with E-state index in [1.54, 1.807) is 13.3 Å². The van der Waals surface area contributed by atoms with E-state index < -0.39 is 5.97 Å². The largest absolute Gasteiger partial charge is 0.458 e. The van der Waals surface area contributed by atoms with Gasteiger partial charge in [0.05, 0.1) is 24.4 Å². The molecule has 31 heavy (non-hydrogen) atoms. The second-order valence-corrected chi connectivity index (χ2v) is 7.61. The van der Waals surface area contributed by atoms with Crippen LogP contribution in [0.2, 0.25) is 0 Å². The summed E-state index contributed by atoms with van der Waals surface area (Å²) in [6, 6.07) is 13.6. The summed E-state index contributed by atoms with van der Waals surface area (Å²) in [5.41, 5.74) is 4.85. The number of carbonyl (C=O) groups is 1. The molecule has 0 fully saturated rings. The zero-order valence-corrected chi connectivity index (χ0v) is 17.4. The van der Waals surface area contributed by atoms with Gasteiger partial charge in [-0.2, -0.15) is 0 Å². The normalized spacial score (nSPS) is 11.7. The minimum Gasteiger partial charge on any atom is -0.458 e. The first kappa shape index (κ1) is 19.3. The molecule has 1 N–H and O–H groups in total. The number of aromatic amines is 1. The number of rotatable bonds is 5. The summed E-state index contributed by atoms with van der Waals surface area (Å²) < 4.78 is 16.9. The highest BCUT2D eigenvalue weighted by atomic mass is 16.5. The maximum absolute atomic E-state index is 12.7. The Hall–Kier alpha value is -3.71. The van der Waals surface area contributed by atoms with Crippen LogP contribution in [0.25, 0.3) is 44.4 Å². The number of methoxy groups -OCH3 is 1. The molecule has 0 saturated carbocycles. The van der Waals surface area contributed by atoms with Crippen molar-refractivity contribution in [1.29, 1.82) is 0 Å². The lowest BCUT2D eigenvalue weighted by Gasteiger charge is -2.11. The predicted octanol–water partition coefficient (Wildman–Crippen LogP) is 5.24. The number of hydrogen-bond donors (Lipinski definition) is 1. The van der Waals surface area contributed by atoms with Gasteiger partial charge in [0.1, 0.15) is 5.52 Å². The molecule has 0 aliphatic heterocycles. The third-order valence-corrected chi connectivity index (χ3v) is 5.11. The number of ether oxygens (including phenoxy) is 2. The Balaban J connectivity index is 1.81. The minimum absolute atomic E-state index is 0.208.